The summed E-state index contributed by atoms with van der Waals surface area (Å²) in [4.78, 5) is 19.3. The van der Waals surface area contributed by atoms with E-state index in [9.17, 15) is 4.79 Å². The van der Waals surface area contributed by atoms with Crippen LogP contribution in [-0.4, -0.2) is 39.6 Å². The lowest BCUT2D eigenvalue weighted by atomic mass is 10.0. The Morgan fingerprint density at radius 1 is 1.42 bits per heavy atom. The van der Waals surface area contributed by atoms with E-state index >= 15 is 0 Å². The average molecular weight is 329 g/mol. The Morgan fingerprint density at radius 2 is 2.25 bits per heavy atom. The van der Waals surface area contributed by atoms with Crippen LogP contribution in [0.5, 0.6) is 0 Å². The SMILES string of the molecule is Cc1occc1C(=O)N1Cc2ncn(C)c2C[C@H]1COCC1CC1. The van der Waals surface area contributed by atoms with Gasteiger partial charge in [-0.1, -0.05) is 0 Å². The van der Waals surface area contributed by atoms with Gasteiger partial charge in [-0.2, -0.15) is 0 Å². The molecule has 1 amide bonds. The number of imidazole rings is 1. The highest BCUT2D eigenvalue weighted by Gasteiger charge is 2.34. The maximum Gasteiger partial charge on any atom is 0.258 e. The molecule has 1 saturated carbocycles. The van der Waals surface area contributed by atoms with E-state index in [1.807, 2.05) is 29.8 Å². The van der Waals surface area contributed by atoms with E-state index in [4.69, 9.17) is 9.15 Å². The molecule has 1 aliphatic carbocycles. The molecule has 0 N–H and O–H groups in total. The average Bonchev–Trinajstić information content (AvgIpc) is 3.19. The molecule has 0 saturated heterocycles. The molecule has 1 aliphatic heterocycles. The molecule has 0 aromatic carbocycles. The quantitative estimate of drug-likeness (QED) is 0.844. The first-order valence-electron chi connectivity index (χ1n) is 8.55. The van der Waals surface area contributed by atoms with Crippen LogP contribution in [0.15, 0.2) is 23.1 Å². The molecule has 0 unspecified atom stereocenters. The smallest absolute Gasteiger partial charge is 0.258 e. The van der Waals surface area contributed by atoms with Crippen LogP contribution < -0.4 is 0 Å². The Morgan fingerprint density at radius 3 is 2.96 bits per heavy atom. The normalized spacial score (nSPS) is 20.2. The number of hydrogen-bond donors (Lipinski definition) is 0. The van der Waals surface area contributed by atoms with Crippen molar-refractivity contribution < 1.29 is 13.9 Å². The molecule has 0 bridgehead atoms. The fraction of sp³-hybridized carbons (Fsp3) is 0.556. The van der Waals surface area contributed by atoms with Gasteiger partial charge < -0.3 is 18.6 Å². The standard InChI is InChI=1S/C18H23N3O3/c1-12-15(5-6-24-12)18(22)21-8-16-17(20(2)11-19-16)7-14(21)10-23-9-13-3-4-13/h5-6,11,13-14H,3-4,7-10H2,1-2H3/t14-/m0/s1. The molecule has 4 rings (SSSR count). The molecule has 24 heavy (non-hydrogen) atoms. The number of amides is 1. The Balaban J connectivity index is 1.55. The maximum absolute atomic E-state index is 13.0. The first-order valence-corrected chi connectivity index (χ1v) is 8.55. The van der Waals surface area contributed by atoms with Crippen molar-refractivity contribution in [3.63, 3.8) is 0 Å². The van der Waals surface area contributed by atoms with Crippen molar-refractivity contribution in [2.75, 3.05) is 13.2 Å². The van der Waals surface area contributed by atoms with Crippen molar-refractivity contribution in [2.24, 2.45) is 13.0 Å². The third kappa shape index (κ3) is 2.86. The second-order valence-corrected chi connectivity index (χ2v) is 6.91. The third-order valence-electron chi connectivity index (χ3n) is 5.05. The third-order valence-corrected chi connectivity index (χ3v) is 5.05. The number of fused-ring (bicyclic) bond motifs is 1. The minimum atomic E-state index is -0.00225. The highest BCUT2D eigenvalue weighted by molar-refractivity contribution is 5.95. The van der Waals surface area contributed by atoms with Crippen molar-refractivity contribution in [1.29, 1.82) is 0 Å². The van der Waals surface area contributed by atoms with Crippen LogP contribution in [-0.2, 0) is 24.8 Å². The number of rotatable bonds is 5. The van der Waals surface area contributed by atoms with Crippen LogP contribution >= 0.6 is 0 Å². The number of hydrogen-bond acceptors (Lipinski definition) is 4. The largest absolute Gasteiger partial charge is 0.469 e. The zero-order chi connectivity index (χ0) is 16.7. The first-order chi connectivity index (χ1) is 11.6. The van der Waals surface area contributed by atoms with Gasteiger partial charge in [0.15, 0.2) is 0 Å². The summed E-state index contributed by atoms with van der Waals surface area (Å²) in [5, 5.41) is 0. The van der Waals surface area contributed by atoms with Crippen molar-refractivity contribution >= 4 is 5.91 Å². The fourth-order valence-corrected chi connectivity index (χ4v) is 3.33. The van der Waals surface area contributed by atoms with Gasteiger partial charge >= 0.3 is 0 Å². The topological polar surface area (TPSA) is 60.5 Å². The van der Waals surface area contributed by atoms with Crippen LogP contribution in [0, 0.1) is 12.8 Å². The Labute approximate surface area is 141 Å². The van der Waals surface area contributed by atoms with Gasteiger partial charge in [0.1, 0.15) is 5.76 Å². The molecular formula is C18H23N3O3. The zero-order valence-corrected chi connectivity index (χ0v) is 14.2. The summed E-state index contributed by atoms with van der Waals surface area (Å²) < 4.78 is 13.3. The monoisotopic (exact) mass is 329 g/mol. The molecule has 6 heteroatoms. The molecule has 0 spiro atoms. The van der Waals surface area contributed by atoms with E-state index in [1.165, 1.54) is 18.5 Å². The van der Waals surface area contributed by atoms with Gasteiger partial charge in [0, 0.05) is 25.8 Å². The Hall–Kier alpha value is -2.08. The Bertz CT molecular complexity index is 745. The zero-order valence-electron chi connectivity index (χ0n) is 14.2. The molecule has 2 aromatic rings. The van der Waals surface area contributed by atoms with Crippen molar-refractivity contribution in [2.45, 2.75) is 38.8 Å². The number of aryl methyl sites for hydroxylation is 2. The number of carbonyl (C=O) groups is 1. The molecule has 6 nitrogen and oxygen atoms in total. The number of ether oxygens (including phenoxy) is 1. The van der Waals surface area contributed by atoms with E-state index in [0.29, 0.717) is 24.5 Å². The minimum Gasteiger partial charge on any atom is -0.469 e. The van der Waals surface area contributed by atoms with E-state index in [0.717, 1.165) is 24.6 Å². The van der Waals surface area contributed by atoms with Gasteiger partial charge in [-0.05, 0) is 31.7 Å². The second kappa shape index (κ2) is 6.09. The lowest BCUT2D eigenvalue weighted by Crippen LogP contribution is -2.47. The molecule has 1 atom stereocenters. The molecule has 1 fully saturated rings. The summed E-state index contributed by atoms with van der Waals surface area (Å²) in [5.74, 6) is 1.38. The van der Waals surface area contributed by atoms with E-state index < -0.39 is 0 Å². The minimum absolute atomic E-state index is 0.00225. The summed E-state index contributed by atoms with van der Waals surface area (Å²) in [7, 11) is 2.01. The summed E-state index contributed by atoms with van der Waals surface area (Å²) in [6.07, 6.45) is 6.71. The van der Waals surface area contributed by atoms with Crippen molar-refractivity contribution in [3.05, 3.63) is 41.4 Å². The summed E-state index contributed by atoms with van der Waals surface area (Å²) in [6.45, 7) is 3.73. The van der Waals surface area contributed by atoms with Crippen LogP contribution in [0.4, 0.5) is 0 Å². The fourth-order valence-electron chi connectivity index (χ4n) is 3.33. The van der Waals surface area contributed by atoms with E-state index in [2.05, 4.69) is 4.98 Å². The van der Waals surface area contributed by atoms with Gasteiger partial charge in [0.2, 0.25) is 0 Å². The van der Waals surface area contributed by atoms with Gasteiger partial charge in [-0.15, -0.1) is 0 Å². The van der Waals surface area contributed by atoms with Crippen LogP contribution in [0.3, 0.4) is 0 Å². The van der Waals surface area contributed by atoms with Gasteiger partial charge in [-0.25, -0.2) is 4.98 Å². The lowest BCUT2D eigenvalue weighted by Gasteiger charge is -2.35. The van der Waals surface area contributed by atoms with Crippen LogP contribution in [0.2, 0.25) is 0 Å². The predicted molar refractivity (Wildman–Crippen MR) is 87.6 cm³/mol. The molecule has 2 aliphatic rings. The molecule has 3 heterocycles. The Kier molecular flexibility index (Phi) is 3.92. The molecule has 0 radical (unpaired) electrons. The maximum atomic E-state index is 13.0. The summed E-state index contributed by atoms with van der Waals surface area (Å²) in [6, 6.07) is 1.78. The summed E-state index contributed by atoms with van der Waals surface area (Å²) in [5.41, 5.74) is 2.80. The lowest BCUT2D eigenvalue weighted by molar-refractivity contribution is 0.0335. The number of nitrogens with zero attached hydrogens (tertiary/aromatic N) is 3. The number of carbonyl (C=O) groups excluding carboxylic acids is 1. The molecular weight excluding hydrogens is 306 g/mol. The summed E-state index contributed by atoms with van der Waals surface area (Å²) >= 11 is 0. The number of furan rings is 1. The first kappa shape index (κ1) is 15.4. The van der Waals surface area contributed by atoms with Gasteiger partial charge in [-0.3, -0.25) is 4.79 Å². The highest BCUT2D eigenvalue weighted by atomic mass is 16.5. The van der Waals surface area contributed by atoms with E-state index in [1.54, 1.807) is 12.3 Å². The molecule has 128 valence electrons. The second-order valence-electron chi connectivity index (χ2n) is 6.91. The van der Waals surface area contributed by atoms with Gasteiger partial charge in [0.25, 0.3) is 5.91 Å². The highest BCUT2D eigenvalue weighted by Crippen LogP contribution is 2.30. The molecule has 2 aromatic heterocycles. The van der Waals surface area contributed by atoms with Crippen LogP contribution in [0.25, 0.3) is 0 Å². The predicted octanol–water partition coefficient (Wildman–Crippen LogP) is 2.32. The van der Waals surface area contributed by atoms with Gasteiger partial charge in [0.05, 0.1) is 43.0 Å². The van der Waals surface area contributed by atoms with Crippen molar-refractivity contribution in [1.82, 2.24) is 14.5 Å². The number of aromatic nitrogens is 2. The van der Waals surface area contributed by atoms with E-state index in [-0.39, 0.29) is 11.9 Å². The van der Waals surface area contributed by atoms with Crippen LogP contribution in [0.1, 0.15) is 40.3 Å². The van der Waals surface area contributed by atoms with Crippen molar-refractivity contribution in [3.8, 4) is 0 Å².